The second-order valence-electron chi connectivity index (χ2n) is 9.90. The van der Waals surface area contributed by atoms with Crippen LogP contribution in [0.15, 0.2) is 53.4 Å². The molecule has 1 fully saturated rings. The minimum absolute atomic E-state index is 0.00485. The van der Waals surface area contributed by atoms with E-state index in [1.165, 1.54) is 28.9 Å². The minimum Gasteiger partial charge on any atom is -0.353 e. The van der Waals surface area contributed by atoms with E-state index in [1.807, 2.05) is 0 Å². The lowest BCUT2D eigenvalue weighted by atomic mass is 9.86. The van der Waals surface area contributed by atoms with E-state index in [4.69, 9.17) is 0 Å². The number of anilines is 1. The second kappa shape index (κ2) is 10.7. The van der Waals surface area contributed by atoms with Crippen molar-refractivity contribution in [1.82, 2.24) is 9.62 Å². The second-order valence-corrected chi connectivity index (χ2v) is 11.8. The van der Waals surface area contributed by atoms with Crippen LogP contribution in [0.2, 0.25) is 0 Å². The zero-order valence-electron chi connectivity index (χ0n) is 20.4. The maximum atomic E-state index is 12.9. The molecule has 7 nitrogen and oxygen atoms in total. The summed E-state index contributed by atoms with van der Waals surface area (Å²) in [6.45, 7) is 8.64. The molecule has 3 rings (SSSR count). The van der Waals surface area contributed by atoms with Crippen molar-refractivity contribution in [3.05, 3.63) is 59.7 Å². The SMILES string of the molecule is CC(=O)Nc1ccc(S(=O)(=O)N2CCC(NC(=O)CCc3ccc(C(C)(C)C)cc3)CC2)cc1. The first-order valence-corrected chi connectivity index (χ1v) is 13.2. The van der Waals surface area contributed by atoms with Gasteiger partial charge in [-0.3, -0.25) is 9.59 Å². The lowest BCUT2D eigenvalue weighted by Gasteiger charge is -2.31. The van der Waals surface area contributed by atoms with Crippen LogP contribution < -0.4 is 10.6 Å². The fourth-order valence-corrected chi connectivity index (χ4v) is 5.50. The summed E-state index contributed by atoms with van der Waals surface area (Å²) in [5.41, 5.74) is 3.06. The molecular formula is C26H35N3O4S. The van der Waals surface area contributed by atoms with Crippen LogP contribution in [0, 0.1) is 0 Å². The van der Waals surface area contributed by atoms with Crippen LogP contribution in [0.5, 0.6) is 0 Å². The number of aryl methyl sites for hydroxylation is 1. The Hall–Kier alpha value is -2.71. The Morgan fingerprint density at radius 1 is 0.971 bits per heavy atom. The fourth-order valence-electron chi connectivity index (χ4n) is 4.03. The van der Waals surface area contributed by atoms with Crippen LogP contribution >= 0.6 is 0 Å². The Morgan fingerprint density at radius 3 is 2.09 bits per heavy atom. The molecule has 34 heavy (non-hydrogen) atoms. The van der Waals surface area contributed by atoms with Crippen LogP contribution in [-0.2, 0) is 31.4 Å². The van der Waals surface area contributed by atoms with Crippen LogP contribution in [-0.4, -0.2) is 43.7 Å². The molecule has 0 atom stereocenters. The predicted octanol–water partition coefficient (Wildman–Crippen LogP) is 3.84. The Bertz CT molecular complexity index is 1100. The van der Waals surface area contributed by atoms with E-state index < -0.39 is 10.0 Å². The quantitative estimate of drug-likeness (QED) is 0.623. The van der Waals surface area contributed by atoms with Gasteiger partial charge in [-0.05, 0) is 60.1 Å². The Kier molecular flexibility index (Phi) is 8.15. The predicted molar refractivity (Wildman–Crippen MR) is 134 cm³/mol. The number of hydrogen-bond donors (Lipinski definition) is 2. The molecule has 0 unspecified atom stereocenters. The van der Waals surface area contributed by atoms with E-state index in [0.29, 0.717) is 44.5 Å². The van der Waals surface area contributed by atoms with Gasteiger partial charge in [-0.25, -0.2) is 8.42 Å². The first kappa shape index (κ1) is 25.9. The number of piperidine rings is 1. The maximum absolute atomic E-state index is 12.9. The average Bonchev–Trinajstić information content (AvgIpc) is 2.78. The lowest BCUT2D eigenvalue weighted by molar-refractivity contribution is -0.122. The van der Waals surface area contributed by atoms with E-state index in [2.05, 4.69) is 55.7 Å². The summed E-state index contributed by atoms with van der Waals surface area (Å²) in [7, 11) is -3.61. The van der Waals surface area contributed by atoms with Gasteiger partial charge in [-0.15, -0.1) is 0 Å². The highest BCUT2D eigenvalue weighted by Gasteiger charge is 2.30. The summed E-state index contributed by atoms with van der Waals surface area (Å²) in [5, 5.41) is 5.69. The normalized spacial score (nSPS) is 15.6. The number of rotatable bonds is 7. The Balaban J connectivity index is 1.46. The van der Waals surface area contributed by atoms with E-state index >= 15 is 0 Å². The molecule has 8 heteroatoms. The molecule has 1 aliphatic heterocycles. The summed E-state index contributed by atoms with van der Waals surface area (Å²) < 4.78 is 27.4. The van der Waals surface area contributed by atoms with Gasteiger partial charge in [-0.2, -0.15) is 4.31 Å². The summed E-state index contributed by atoms with van der Waals surface area (Å²) >= 11 is 0. The fraction of sp³-hybridized carbons (Fsp3) is 0.462. The number of carbonyl (C=O) groups excluding carboxylic acids is 2. The largest absolute Gasteiger partial charge is 0.353 e. The van der Waals surface area contributed by atoms with Gasteiger partial charge in [0, 0.05) is 38.2 Å². The summed E-state index contributed by atoms with van der Waals surface area (Å²) in [6.07, 6.45) is 2.25. The van der Waals surface area contributed by atoms with Crippen LogP contribution in [0.4, 0.5) is 5.69 Å². The molecule has 0 bridgehead atoms. The number of nitrogens with one attached hydrogen (secondary N) is 2. The number of benzene rings is 2. The number of nitrogens with zero attached hydrogens (tertiary/aromatic N) is 1. The van der Waals surface area contributed by atoms with Crippen molar-refractivity contribution in [2.45, 2.75) is 69.7 Å². The molecular weight excluding hydrogens is 450 g/mol. The van der Waals surface area contributed by atoms with Crippen LogP contribution in [0.1, 0.15) is 58.1 Å². The molecule has 0 spiro atoms. The van der Waals surface area contributed by atoms with Crippen LogP contribution in [0.25, 0.3) is 0 Å². The van der Waals surface area contributed by atoms with E-state index in [1.54, 1.807) is 12.1 Å². The highest BCUT2D eigenvalue weighted by atomic mass is 32.2. The van der Waals surface area contributed by atoms with Crippen molar-refractivity contribution in [3.8, 4) is 0 Å². The topological polar surface area (TPSA) is 95.6 Å². The molecule has 2 aromatic carbocycles. The van der Waals surface area contributed by atoms with Gasteiger partial charge < -0.3 is 10.6 Å². The smallest absolute Gasteiger partial charge is 0.243 e. The van der Waals surface area contributed by atoms with Crippen molar-refractivity contribution < 1.29 is 18.0 Å². The molecule has 1 aliphatic rings. The van der Waals surface area contributed by atoms with Gasteiger partial charge in [0.1, 0.15) is 0 Å². The standard InChI is InChI=1S/C26H35N3O4S/c1-19(30)27-22-10-12-24(13-11-22)34(32,33)29-17-15-23(16-18-29)28-25(31)14-7-20-5-8-21(9-6-20)26(2,3)4/h5-6,8-13,23H,7,14-18H2,1-4H3,(H,27,30)(H,28,31). The maximum Gasteiger partial charge on any atom is 0.243 e. The molecule has 2 amide bonds. The summed E-state index contributed by atoms with van der Waals surface area (Å²) in [5.74, 6) is -0.215. The third-order valence-corrected chi connectivity index (χ3v) is 8.01. The first-order chi connectivity index (χ1) is 15.9. The molecule has 0 aromatic heterocycles. The zero-order valence-corrected chi connectivity index (χ0v) is 21.2. The molecule has 2 aromatic rings. The summed E-state index contributed by atoms with van der Waals surface area (Å²) in [4.78, 5) is 23.8. The number of amides is 2. The van der Waals surface area contributed by atoms with E-state index in [9.17, 15) is 18.0 Å². The van der Waals surface area contributed by atoms with E-state index in [0.717, 1.165) is 5.56 Å². The highest BCUT2D eigenvalue weighted by Crippen LogP contribution is 2.24. The van der Waals surface area contributed by atoms with Gasteiger partial charge in [0.2, 0.25) is 21.8 Å². The highest BCUT2D eigenvalue weighted by molar-refractivity contribution is 7.89. The Morgan fingerprint density at radius 2 is 1.56 bits per heavy atom. The first-order valence-electron chi connectivity index (χ1n) is 11.7. The molecule has 2 N–H and O–H groups in total. The van der Waals surface area contributed by atoms with E-state index in [-0.39, 0.29) is 28.2 Å². The van der Waals surface area contributed by atoms with Crippen molar-refractivity contribution in [3.63, 3.8) is 0 Å². The van der Waals surface area contributed by atoms with Gasteiger partial charge >= 0.3 is 0 Å². The Labute approximate surface area is 203 Å². The molecule has 0 saturated carbocycles. The van der Waals surface area contributed by atoms with Gasteiger partial charge in [-0.1, -0.05) is 45.0 Å². The molecule has 1 heterocycles. The van der Waals surface area contributed by atoms with Gasteiger partial charge in [0.25, 0.3) is 0 Å². The monoisotopic (exact) mass is 485 g/mol. The molecule has 0 aliphatic carbocycles. The van der Waals surface area contributed by atoms with Crippen molar-refractivity contribution >= 4 is 27.5 Å². The zero-order chi connectivity index (χ0) is 24.9. The number of sulfonamides is 1. The lowest BCUT2D eigenvalue weighted by Crippen LogP contribution is -2.46. The van der Waals surface area contributed by atoms with Crippen molar-refractivity contribution in [2.75, 3.05) is 18.4 Å². The minimum atomic E-state index is -3.61. The molecule has 0 radical (unpaired) electrons. The molecule has 184 valence electrons. The number of carbonyl (C=O) groups is 2. The average molecular weight is 486 g/mol. The van der Waals surface area contributed by atoms with Gasteiger partial charge in [0.05, 0.1) is 4.90 Å². The van der Waals surface area contributed by atoms with Crippen LogP contribution in [0.3, 0.4) is 0 Å². The number of hydrogen-bond acceptors (Lipinski definition) is 4. The molecule has 1 saturated heterocycles. The summed E-state index contributed by atoms with van der Waals surface area (Å²) in [6, 6.07) is 14.6. The van der Waals surface area contributed by atoms with Crippen molar-refractivity contribution in [1.29, 1.82) is 0 Å². The third-order valence-electron chi connectivity index (χ3n) is 6.09. The third kappa shape index (κ3) is 6.90. The van der Waals surface area contributed by atoms with Crippen molar-refractivity contribution in [2.24, 2.45) is 0 Å². The van der Waals surface area contributed by atoms with Gasteiger partial charge in [0.15, 0.2) is 0 Å².